The summed E-state index contributed by atoms with van der Waals surface area (Å²) in [6.07, 6.45) is 0. The summed E-state index contributed by atoms with van der Waals surface area (Å²) in [5.41, 5.74) is 2.03. The van der Waals surface area contributed by atoms with Gasteiger partial charge in [-0.25, -0.2) is 0 Å². The maximum Gasteiger partial charge on any atom is 0.390 e. The lowest BCUT2D eigenvalue weighted by Crippen LogP contribution is -2.05. The van der Waals surface area contributed by atoms with Gasteiger partial charge in [0.05, 0.1) is 35.0 Å². The van der Waals surface area contributed by atoms with Gasteiger partial charge in [-0.05, 0) is 23.5 Å². The molecule has 0 radical (unpaired) electrons. The first-order valence-electron chi connectivity index (χ1n) is 5.28. The van der Waals surface area contributed by atoms with Crippen LogP contribution < -0.4 is 0 Å². The molecule has 0 saturated heterocycles. The fourth-order valence-corrected chi connectivity index (χ4v) is 1.67. The van der Waals surface area contributed by atoms with Crippen molar-refractivity contribution in [2.75, 3.05) is 0 Å². The highest BCUT2D eigenvalue weighted by Crippen LogP contribution is 2.14. The number of aromatic nitrogens is 2. The monoisotopic (exact) mass is 242 g/mol. The van der Waals surface area contributed by atoms with Crippen molar-refractivity contribution in [1.29, 1.82) is 5.26 Å². The van der Waals surface area contributed by atoms with Crippen LogP contribution in [-0.2, 0) is 6.54 Å². The summed E-state index contributed by atoms with van der Waals surface area (Å²) in [6, 6.07) is 10.6. The van der Waals surface area contributed by atoms with Crippen molar-refractivity contribution in [2.45, 2.75) is 13.5 Å². The first kappa shape index (κ1) is 11.8. The maximum atomic E-state index is 10.6. The highest BCUT2D eigenvalue weighted by Gasteiger charge is 2.16. The summed E-state index contributed by atoms with van der Waals surface area (Å²) in [6.45, 7) is 2.10. The Morgan fingerprint density at radius 1 is 1.50 bits per heavy atom. The average Bonchev–Trinajstić information content (AvgIpc) is 2.72. The molecule has 6 nitrogen and oxygen atoms in total. The molecule has 0 aliphatic rings. The van der Waals surface area contributed by atoms with Gasteiger partial charge < -0.3 is 10.1 Å². The van der Waals surface area contributed by atoms with Crippen molar-refractivity contribution < 1.29 is 4.92 Å². The van der Waals surface area contributed by atoms with E-state index < -0.39 is 4.92 Å². The number of nitriles is 1. The molecule has 0 saturated carbocycles. The molecule has 0 amide bonds. The van der Waals surface area contributed by atoms with E-state index >= 15 is 0 Å². The minimum Gasteiger partial charge on any atom is -0.358 e. The number of benzene rings is 1. The molecule has 1 aromatic heterocycles. The van der Waals surface area contributed by atoms with E-state index in [0.29, 0.717) is 17.8 Å². The quantitative estimate of drug-likeness (QED) is 0.608. The van der Waals surface area contributed by atoms with E-state index in [4.69, 9.17) is 5.26 Å². The Morgan fingerprint density at radius 3 is 2.83 bits per heavy atom. The van der Waals surface area contributed by atoms with Crippen LogP contribution in [0.4, 0.5) is 5.82 Å². The second-order valence-electron chi connectivity index (χ2n) is 3.83. The highest BCUT2D eigenvalue weighted by atomic mass is 16.6. The normalized spacial score (nSPS) is 10.0. The molecule has 2 aromatic rings. The standard InChI is InChI=1S/C12H10N4O2/c1-9-6-12(16(17)18)14-15(9)8-11-5-3-2-4-10(11)7-13/h2-6H,8H2,1H3. The van der Waals surface area contributed by atoms with Crippen LogP contribution in [-0.4, -0.2) is 14.7 Å². The fourth-order valence-electron chi connectivity index (χ4n) is 1.67. The lowest BCUT2D eigenvalue weighted by atomic mass is 10.1. The molecule has 6 heteroatoms. The highest BCUT2D eigenvalue weighted by molar-refractivity contribution is 5.37. The number of hydrogen-bond donors (Lipinski definition) is 0. The smallest absolute Gasteiger partial charge is 0.358 e. The molecule has 1 heterocycles. The summed E-state index contributed by atoms with van der Waals surface area (Å²) < 4.78 is 1.52. The van der Waals surface area contributed by atoms with Gasteiger partial charge in [0, 0.05) is 0 Å². The summed E-state index contributed by atoms with van der Waals surface area (Å²) in [4.78, 5) is 10.1. The largest absolute Gasteiger partial charge is 0.390 e. The van der Waals surface area contributed by atoms with Crippen molar-refractivity contribution in [3.8, 4) is 6.07 Å². The minimum atomic E-state index is -0.528. The molecule has 2 rings (SSSR count). The van der Waals surface area contributed by atoms with E-state index in [1.807, 2.05) is 12.1 Å². The Morgan fingerprint density at radius 2 is 2.22 bits per heavy atom. The number of hydrogen-bond acceptors (Lipinski definition) is 4. The van der Waals surface area contributed by atoms with E-state index in [9.17, 15) is 10.1 Å². The third-order valence-corrected chi connectivity index (χ3v) is 2.61. The Kier molecular flexibility index (Phi) is 3.06. The first-order valence-corrected chi connectivity index (χ1v) is 5.28. The van der Waals surface area contributed by atoms with Crippen LogP contribution in [0.1, 0.15) is 16.8 Å². The molecule has 0 atom stereocenters. The summed E-state index contributed by atoms with van der Waals surface area (Å²) in [5.74, 6) is -0.179. The van der Waals surface area contributed by atoms with Gasteiger partial charge in [-0.15, -0.1) is 0 Å². The predicted octanol–water partition coefficient (Wildman–Crippen LogP) is 2.02. The molecule has 18 heavy (non-hydrogen) atoms. The van der Waals surface area contributed by atoms with Gasteiger partial charge in [0.2, 0.25) is 0 Å². The zero-order valence-corrected chi connectivity index (χ0v) is 9.70. The SMILES string of the molecule is Cc1cc([N+](=O)[O-])nn1Cc1ccccc1C#N. The Labute approximate surface area is 103 Å². The van der Waals surface area contributed by atoms with Crippen molar-refractivity contribution >= 4 is 5.82 Å². The molecule has 0 aliphatic heterocycles. The van der Waals surface area contributed by atoms with Gasteiger partial charge >= 0.3 is 5.82 Å². The summed E-state index contributed by atoms with van der Waals surface area (Å²) >= 11 is 0. The van der Waals surface area contributed by atoms with Crippen LogP contribution in [0.25, 0.3) is 0 Å². The van der Waals surface area contributed by atoms with E-state index in [1.54, 1.807) is 19.1 Å². The Hall–Kier alpha value is -2.68. The van der Waals surface area contributed by atoms with Crippen LogP contribution in [0.2, 0.25) is 0 Å². The molecule has 0 spiro atoms. The zero-order chi connectivity index (χ0) is 13.1. The fraction of sp³-hybridized carbons (Fsp3) is 0.167. The minimum absolute atomic E-state index is 0.179. The molecule has 0 fully saturated rings. The van der Waals surface area contributed by atoms with Crippen molar-refractivity contribution in [3.63, 3.8) is 0 Å². The topological polar surface area (TPSA) is 84.8 Å². The Bertz CT molecular complexity index is 640. The van der Waals surface area contributed by atoms with Gasteiger partial charge in [-0.1, -0.05) is 18.2 Å². The van der Waals surface area contributed by atoms with E-state index in [0.717, 1.165) is 5.56 Å². The van der Waals surface area contributed by atoms with Gasteiger partial charge in [0.25, 0.3) is 0 Å². The van der Waals surface area contributed by atoms with Crippen LogP contribution in [0.5, 0.6) is 0 Å². The second-order valence-corrected chi connectivity index (χ2v) is 3.83. The second kappa shape index (κ2) is 4.67. The molecular formula is C12H10N4O2. The summed E-state index contributed by atoms with van der Waals surface area (Å²) in [7, 11) is 0. The van der Waals surface area contributed by atoms with Crippen molar-refractivity contribution in [3.05, 3.63) is 57.3 Å². The molecule has 0 N–H and O–H groups in total. The van der Waals surface area contributed by atoms with E-state index in [1.165, 1.54) is 10.7 Å². The molecular weight excluding hydrogens is 232 g/mol. The van der Waals surface area contributed by atoms with Crippen LogP contribution in [0.3, 0.4) is 0 Å². The molecule has 90 valence electrons. The van der Waals surface area contributed by atoms with Gasteiger partial charge in [0.1, 0.15) is 0 Å². The lowest BCUT2D eigenvalue weighted by Gasteiger charge is -2.02. The molecule has 0 aliphatic carbocycles. The van der Waals surface area contributed by atoms with E-state index in [2.05, 4.69) is 11.2 Å². The van der Waals surface area contributed by atoms with Gasteiger partial charge in [0.15, 0.2) is 0 Å². The number of rotatable bonds is 3. The number of aryl methyl sites for hydroxylation is 1. The number of nitrogens with zero attached hydrogens (tertiary/aromatic N) is 4. The summed E-state index contributed by atoms with van der Waals surface area (Å²) in [5, 5.41) is 23.5. The van der Waals surface area contributed by atoms with Crippen LogP contribution in [0.15, 0.2) is 30.3 Å². The van der Waals surface area contributed by atoms with Crippen LogP contribution >= 0.6 is 0 Å². The van der Waals surface area contributed by atoms with Gasteiger partial charge in [-0.3, -0.25) is 0 Å². The Balaban J connectivity index is 2.35. The van der Waals surface area contributed by atoms with Gasteiger partial charge in [-0.2, -0.15) is 9.94 Å². The maximum absolute atomic E-state index is 10.6. The lowest BCUT2D eigenvalue weighted by molar-refractivity contribution is -0.389. The van der Waals surface area contributed by atoms with Crippen molar-refractivity contribution in [1.82, 2.24) is 9.78 Å². The first-order chi connectivity index (χ1) is 8.61. The molecule has 1 aromatic carbocycles. The predicted molar refractivity (Wildman–Crippen MR) is 63.9 cm³/mol. The van der Waals surface area contributed by atoms with E-state index in [-0.39, 0.29) is 5.82 Å². The zero-order valence-electron chi connectivity index (χ0n) is 9.70. The average molecular weight is 242 g/mol. The van der Waals surface area contributed by atoms with Crippen molar-refractivity contribution in [2.24, 2.45) is 0 Å². The molecule has 0 unspecified atom stereocenters. The van der Waals surface area contributed by atoms with Crippen LogP contribution in [0, 0.1) is 28.4 Å². The number of nitro groups is 1. The third kappa shape index (κ3) is 2.20. The molecule has 0 bridgehead atoms. The third-order valence-electron chi connectivity index (χ3n) is 2.61.